The number of aliphatic hydroxyl groups is 1. The third kappa shape index (κ3) is 5.04. The van der Waals surface area contributed by atoms with E-state index in [0.717, 1.165) is 32.1 Å². The Morgan fingerprint density at radius 2 is 2.18 bits per heavy atom. The first-order chi connectivity index (χ1) is 7.94. The summed E-state index contributed by atoms with van der Waals surface area (Å²) in [6.07, 6.45) is 5.19. The SMILES string of the molecule is CCCC(C)(O)CNC1CCCC(C(=O)O)C1. The number of carboxylic acids is 1. The van der Waals surface area contributed by atoms with Crippen molar-refractivity contribution in [2.24, 2.45) is 5.92 Å². The molecule has 3 unspecified atom stereocenters. The van der Waals surface area contributed by atoms with Crippen LogP contribution in [0, 0.1) is 5.92 Å². The molecule has 1 aliphatic rings. The van der Waals surface area contributed by atoms with Gasteiger partial charge in [-0.15, -0.1) is 0 Å². The maximum absolute atomic E-state index is 10.9. The van der Waals surface area contributed by atoms with Gasteiger partial charge in [-0.1, -0.05) is 19.8 Å². The molecule has 0 heterocycles. The predicted octanol–water partition coefficient (Wildman–Crippen LogP) is 1.77. The molecule has 0 radical (unpaired) electrons. The van der Waals surface area contributed by atoms with Crippen LogP contribution in [-0.2, 0) is 4.79 Å². The maximum Gasteiger partial charge on any atom is 0.306 e. The molecule has 17 heavy (non-hydrogen) atoms. The van der Waals surface area contributed by atoms with Crippen LogP contribution in [0.4, 0.5) is 0 Å². The van der Waals surface area contributed by atoms with Crippen molar-refractivity contribution in [2.45, 2.75) is 64.0 Å². The summed E-state index contributed by atoms with van der Waals surface area (Å²) in [4.78, 5) is 10.9. The first-order valence-electron chi connectivity index (χ1n) is 6.63. The Morgan fingerprint density at radius 1 is 1.47 bits per heavy atom. The van der Waals surface area contributed by atoms with Crippen molar-refractivity contribution < 1.29 is 15.0 Å². The Hall–Kier alpha value is -0.610. The van der Waals surface area contributed by atoms with E-state index in [1.165, 1.54) is 0 Å². The minimum absolute atomic E-state index is 0.211. The van der Waals surface area contributed by atoms with E-state index in [2.05, 4.69) is 12.2 Å². The fourth-order valence-corrected chi connectivity index (χ4v) is 2.59. The second-order valence-electron chi connectivity index (χ2n) is 5.53. The van der Waals surface area contributed by atoms with Gasteiger partial charge in [-0.3, -0.25) is 4.79 Å². The van der Waals surface area contributed by atoms with E-state index in [1.807, 2.05) is 6.92 Å². The van der Waals surface area contributed by atoms with Gasteiger partial charge in [-0.05, 0) is 32.6 Å². The first-order valence-corrected chi connectivity index (χ1v) is 6.63. The highest BCUT2D eigenvalue weighted by atomic mass is 16.4. The van der Waals surface area contributed by atoms with E-state index in [1.54, 1.807) is 0 Å². The van der Waals surface area contributed by atoms with Crippen LogP contribution in [0.2, 0.25) is 0 Å². The minimum Gasteiger partial charge on any atom is -0.481 e. The van der Waals surface area contributed by atoms with Crippen molar-refractivity contribution in [1.82, 2.24) is 5.32 Å². The summed E-state index contributed by atoms with van der Waals surface area (Å²) in [5, 5.41) is 22.4. The quantitative estimate of drug-likeness (QED) is 0.665. The van der Waals surface area contributed by atoms with Crippen molar-refractivity contribution in [1.29, 1.82) is 0 Å². The van der Waals surface area contributed by atoms with Crippen LogP contribution >= 0.6 is 0 Å². The van der Waals surface area contributed by atoms with Crippen molar-refractivity contribution >= 4 is 5.97 Å². The molecule has 0 aromatic heterocycles. The molecule has 0 aromatic rings. The molecule has 0 spiro atoms. The Bertz CT molecular complexity index is 253. The highest BCUT2D eigenvalue weighted by molar-refractivity contribution is 5.70. The maximum atomic E-state index is 10.9. The summed E-state index contributed by atoms with van der Waals surface area (Å²) >= 11 is 0. The average Bonchev–Trinajstić information content (AvgIpc) is 2.27. The van der Waals surface area contributed by atoms with Crippen molar-refractivity contribution in [2.75, 3.05) is 6.54 Å². The molecule has 1 rings (SSSR count). The van der Waals surface area contributed by atoms with Crippen LogP contribution in [0.3, 0.4) is 0 Å². The second-order valence-corrected chi connectivity index (χ2v) is 5.53. The van der Waals surface area contributed by atoms with E-state index in [0.29, 0.717) is 13.0 Å². The Labute approximate surface area is 103 Å². The van der Waals surface area contributed by atoms with Gasteiger partial charge < -0.3 is 15.5 Å². The van der Waals surface area contributed by atoms with Gasteiger partial charge in [-0.2, -0.15) is 0 Å². The predicted molar refractivity (Wildman–Crippen MR) is 66.9 cm³/mol. The van der Waals surface area contributed by atoms with Crippen LogP contribution in [0.5, 0.6) is 0 Å². The van der Waals surface area contributed by atoms with E-state index < -0.39 is 11.6 Å². The third-order valence-corrected chi connectivity index (χ3v) is 3.58. The van der Waals surface area contributed by atoms with Crippen molar-refractivity contribution in [3.63, 3.8) is 0 Å². The van der Waals surface area contributed by atoms with Gasteiger partial charge in [-0.25, -0.2) is 0 Å². The van der Waals surface area contributed by atoms with Crippen LogP contribution in [-0.4, -0.2) is 34.4 Å². The van der Waals surface area contributed by atoms with Crippen LogP contribution in [0.1, 0.15) is 52.4 Å². The molecule has 0 amide bonds. The number of hydrogen-bond donors (Lipinski definition) is 3. The summed E-state index contributed by atoms with van der Waals surface area (Å²) in [6, 6.07) is 0.244. The van der Waals surface area contributed by atoms with Gasteiger partial charge in [0, 0.05) is 12.6 Å². The van der Waals surface area contributed by atoms with Gasteiger partial charge in [0.25, 0.3) is 0 Å². The number of aliphatic carboxylic acids is 1. The molecule has 0 saturated heterocycles. The Balaban J connectivity index is 2.34. The van der Waals surface area contributed by atoms with E-state index in [-0.39, 0.29) is 12.0 Å². The molecule has 4 nitrogen and oxygen atoms in total. The fraction of sp³-hybridized carbons (Fsp3) is 0.923. The van der Waals surface area contributed by atoms with Gasteiger partial charge in [0.1, 0.15) is 0 Å². The number of hydrogen-bond acceptors (Lipinski definition) is 3. The van der Waals surface area contributed by atoms with Gasteiger partial charge in [0.15, 0.2) is 0 Å². The molecule has 1 aliphatic carbocycles. The standard InChI is InChI=1S/C13H25NO3/c1-3-7-13(2,17)9-14-11-6-4-5-10(8-11)12(15)16/h10-11,14,17H,3-9H2,1-2H3,(H,15,16). The molecular formula is C13H25NO3. The van der Waals surface area contributed by atoms with Crippen molar-refractivity contribution in [3.05, 3.63) is 0 Å². The topological polar surface area (TPSA) is 69.6 Å². The molecule has 3 atom stereocenters. The van der Waals surface area contributed by atoms with E-state index >= 15 is 0 Å². The number of carboxylic acid groups (broad SMARTS) is 1. The lowest BCUT2D eigenvalue weighted by atomic mass is 9.85. The highest BCUT2D eigenvalue weighted by Crippen LogP contribution is 2.25. The molecule has 1 saturated carbocycles. The number of rotatable bonds is 6. The van der Waals surface area contributed by atoms with Crippen LogP contribution in [0.15, 0.2) is 0 Å². The monoisotopic (exact) mass is 243 g/mol. The van der Waals surface area contributed by atoms with Crippen molar-refractivity contribution in [3.8, 4) is 0 Å². The average molecular weight is 243 g/mol. The molecule has 0 aromatic carbocycles. The van der Waals surface area contributed by atoms with E-state index in [4.69, 9.17) is 5.11 Å². The largest absolute Gasteiger partial charge is 0.481 e. The molecule has 0 bridgehead atoms. The van der Waals surface area contributed by atoms with Crippen LogP contribution < -0.4 is 5.32 Å². The molecule has 1 fully saturated rings. The zero-order chi connectivity index (χ0) is 12.9. The Morgan fingerprint density at radius 3 is 2.76 bits per heavy atom. The van der Waals surface area contributed by atoms with Gasteiger partial charge >= 0.3 is 5.97 Å². The lowest BCUT2D eigenvalue weighted by molar-refractivity contribution is -0.143. The summed E-state index contributed by atoms with van der Waals surface area (Å²) in [5.74, 6) is -0.894. The third-order valence-electron chi connectivity index (χ3n) is 3.58. The highest BCUT2D eigenvalue weighted by Gasteiger charge is 2.28. The fourth-order valence-electron chi connectivity index (χ4n) is 2.59. The molecule has 100 valence electrons. The zero-order valence-electron chi connectivity index (χ0n) is 10.9. The first kappa shape index (κ1) is 14.5. The number of carbonyl (C=O) groups is 1. The summed E-state index contributed by atoms with van der Waals surface area (Å²) < 4.78 is 0. The lowest BCUT2D eigenvalue weighted by Gasteiger charge is -2.31. The van der Waals surface area contributed by atoms with E-state index in [9.17, 15) is 9.90 Å². The minimum atomic E-state index is -0.684. The zero-order valence-corrected chi connectivity index (χ0v) is 10.9. The molecule has 0 aliphatic heterocycles. The number of nitrogens with one attached hydrogen (secondary N) is 1. The lowest BCUT2D eigenvalue weighted by Crippen LogP contribution is -2.44. The normalized spacial score (nSPS) is 28.6. The smallest absolute Gasteiger partial charge is 0.306 e. The van der Waals surface area contributed by atoms with Gasteiger partial charge in [0.2, 0.25) is 0 Å². The van der Waals surface area contributed by atoms with Crippen LogP contribution in [0.25, 0.3) is 0 Å². The Kier molecular flexibility index (Phi) is 5.40. The molecular weight excluding hydrogens is 218 g/mol. The molecule has 4 heteroatoms. The second kappa shape index (κ2) is 6.36. The van der Waals surface area contributed by atoms with Gasteiger partial charge in [0.05, 0.1) is 11.5 Å². The molecule has 3 N–H and O–H groups in total. The summed E-state index contributed by atoms with van der Waals surface area (Å²) in [5.41, 5.74) is -0.676. The summed E-state index contributed by atoms with van der Waals surface area (Å²) in [7, 11) is 0. The summed E-state index contributed by atoms with van der Waals surface area (Å²) in [6.45, 7) is 4.44.